The molecule has 0 aliphatic carbocycles. The maximum atomic E-state index is 12.3. The Morgan fingerprint density at radius 2 is 2.00 bits per heavy atom. The molecule has 104 valence electrons. The molecule has 2 rings (SSSR count). The minimum atomic E-state index is -3.04. The van der Waals surface area contributed by atoms with E-state index in [1.54, 1.807) is 18.2 Å². The predicted octanol–water partition coefficient (Wildman–Crippen LogP) is 1.18. The van der Waals surface area contributed by atoms with Gasteiger partial charge in [-0.15, -0.1) is 0 Å². The van der Waals surface area contributed by atoms with Crippen LogP contribution in [0.25, 0.3) is 0 Å². The minimum Gasteiger partial charge on any atom is -0.398 e. The Morgan fingerprint density at radius 1 is 1.26 bits per heavy atom. The highest BCUT2D eigenvalue weighted by atomic mass is 35.5. The van der Waals surface area contributed by atoms with Crippen molar-refractivity contribution in [1.29, 1.82) is 0 Å². The normalized spacial score (nSPS) is 18.9. The highest BCUT2D eigenvalue weighted by Gasteiger charge is 2.24. The van der Waals surface area contributed by atoms with E-state index in [1.807, 2.05) is 0 Å². The lowest BCUT2D eigenvalue weighted by Gasteiger charge is -2.20. The fourth-order valence-electron chi connectivity index (χ4n) is 2.03. The summed E-state index contributed by atoms with van der Waals surface area (Å²) in [5.41, 5.74) is 6.33. The van der Waals surface area contributed by atoms with Crippen molar-refractivity contribution in [2.75, 3.05) is 30.3 Å². The Morgan fingerprint density at radius 3 is 2.74 bits per heavy atom. The number of benzene rings is 1. The smallest absolute Gasteiger partial charge is 0.255 e. The Kier molecular flexibility index (Phi) is 4.01. The van der Waals surface area contributed by atoms with Crippen LogP contribution in [0, 0.1) is 0 Å². The number of nitrogen functional groups attached to an aromatic ring is 1. The van der Waals surface area contributed by atoms with Gasteiger partial charge in [-0.3, -0.25) is 4.79 Å². The molecule has 5 nitrogen and oxygen atoms in total. The minimum absolute atomic E-state index is 0.00131. The second kappa shape index (κ2) is 5.38. The van der Waals surface area contributed by atoms with Crippen LogP contribution in [0.4, 0.5) is 5.69 Å². The van der Waals surface area contributed by atoms with Crippen LogP contribution >= 0.6 is 11.6 Å². The number of sulfone groups is 1. The highest BCUT2D eigenvalue weighted by Crippen LogP contribution is 2.24. The molecular weight excluding hydrogens is 288 g/mol. The zero-order valence-corrected chi connectivity index (χ0v) is 11.9. The van der Waals surface area contributed by atoms with Crippen molar-refractivity contribution in [3.05, 3.63) is 28.8 Å². The van der Waals surface area contributed by atoms with Crippen LogP contribution in [0.2, 0.25) is 5.02 Å². The Hall–Kier alpha value is -1.27. The molecule has 0 atom stereocenters. The second-order valence-electron chi connectivity index (χ2n) is 4.51. The number of nitrogens with zero attached hydrogens (tertiary/aromatic N) is 1. The summed E-state index contributed by atoms with van der Waals surface area (Å²) in [4.78, 5) is 13.8. The molecule has 0 bridgehead atoms. The Bertz CT molecular complexity index is 601. The van der Waals surface area contributed by atoms with Crippen LogP contribution in [0.1, 0.15) is 16.8 Å². The first-order chi connectivity index (χ1) is 8.91. The van der Waals surface area contributed by atoms with Gasteiger partial charge in [0.2, 0.25) is 0 Å². The van der Waals surface area contributed by atoms with E-state index >= 15 is 0 Å². The van der Waals surface area contributed by atoms with Crippen molar-refractivity contribution in [3.63, 3.8) is 0 Å². The molecule has 1 aliphatic heterocycles. The molecule has 0 spiro atoms. The number of hydrogen-bond donors (Lipinski definition) is 1. The number of halogens is 1. The topological polar surface area (TPSA) is 80.5 Å². The van der Waals surface area contributed by atoms with E-state index in [0.717, 1.165) is 0 Å². The number of carbonyl (C=O) groups is 1. The zero-order valence-electron chi connectivity index (χ0n) is 10.3. The molecular formula is C12H15ClN2O3S. The van der Waals surface area contributed by atoms with Crippen LogP contribution in [0.15, 0.2) is 18.2 Å². The summed E-state index contributed by atoms with van der Waals surface area (Å²) in [5.74, 6) is -0.144. The highest BCUT2D eigenvalue weighted by molar-refractivity contribution is 7.91. The molecule has 1 aromatic carbocycles. The van der Waals surface area contributed by atoms with Gasteiger partial charge in [0, 0.05) is 13.1 Å². The number of anilines is 1. The molecule has 19 heavy (non-hydrogen) atoms. The molecule has 1 aromatic rings. The van der Waals surface area contributed by atoms with Crippen LogP contribution < -0.4 is 5.73 Å². The summed E-state index contributed by atoms with van der Waals surface area (Å²) >= 11 is 6.01. The summed E-state index contributed by atoms with van der Waals surface area (Å²) in [6.07, 6.45) is 0.452. The van der Waals surface area contributed by atoms with Crippen LogP contribution in [-0.2, 0) is 9.84 Å². The van der Waals surface area contributed by atoms with Gasteiger partial charge in [0.1, 0.15) is 0 Å². The van der Waals surface area contributed by atoms with Gasteiger partial charge in [0.05, 0.1) is 27.8 Å². The van der Waals surface area contributed by atoms with Gasteiger partial charge in [0.25, 0.3) is 5.91 Å². The molecule has 1 fully saturated rings. The molecule has 7 heteroatoms. The third-order valence-corrected chi connectivity index (χ3v) is 5.24. The van der Waals surface area contributed by atoms with E-state index < -0.39 is 9.84 Å². The van der Waals surface area contributed by atoms with E-state index in [0.29, 0.717) is 24.2 Å². The number of hydrogen-bond acceptors (Lipinski definition) is 4. The van der Waals surface area contributed by atoms with Gasteiger partial charge in [-0.25, -0.2) is 8.42 Å². The van der Waals surface area contributed by atoms with E-state index in [4.69, 9.17) is 17.3 Å². The maximum Gasteiger partial charge on any atom is 0.255 e. The van der Waals surface area contributed by atoms with Gasteiger partial charge in [-0.1, -0.05) is 17.7 Å². The maximum absolute atomic E-state index is 12.3. The van der Waals surface area contributed by atoms with Gasteiger partial charge >= 0.3 is 0 Å². The van der Waals surface area contributed by atoms with Crippen molar-refractivity contribution in [2.24, 2.45) is 0 Å². The van der Waals surface area contributed by atoms with E-state index in [2.05, 4.69) is 0 Å². The van der Waals surface area contributed by atoms with Crippen molar-refractivity contribution in [1.82, 2.24) is 4.90 Å². The van der Waals surface area contributed by atoms with E-state index in [-0.39, 0.29) is 29.0 Å². The summed E-state index contributed by atoms with van der Waals surface area (Å²) < 4.78 is 23.0. The van der Waals surface area contributed by atoms with E-state index in [1.165, 1.54) is 4.90 Å². The molecule has 0 saturated carbocycles. The first-order valence-corrected chi connectivity index (χ1v) is 8.14. The standard InChI is InChI=1S/C12H15ClN2O3S/c13-11-9(3-1-4-10(11)14)12(16)15-5-2-7-19(17,18)8-6-15/h1,3-4H,2,5-8,14H2. The largest absolute Gasteiger partial charge is 0.398 e. The van der Waals surface area contributed by atoms with Gasteiger partial charge in [0.15, 0.2) is 9.84 Å². The van der Waals surface area contributed by atoms with Crippen LogP contribution in [0.5, 0.6) is 0 Å². The van der Waals surface area contributed by atoms with Gasteiger partial charge in [-0.2, -0.15) is 0 Å². The fraction of sp³-hybridized carbons (Fsp3) is 0.417. The summed E-state index contributed by atoms with van der Waals surface area (Å²) in [6.45, 7) is 0.621. The molecule has 0 unspecified atom stereocenters. The van der Waals surface area contributed by atoms with Gasteiger partial charge < -0.3 is 10.6 Å². The third kappa shape index (κ3) is 3.19. The Labute approximate surface area is 117 Å². The summed E-state index contributed by atoms with van der Waals surface area (Å²) in [6, 6.07) is 4.87. The second-order valence-corrected chi connectivity index (χ2v) is 7.19. The lowest BCUT2D eigenvalue weighted by atomic mass is 10.1. The molecule has 1 amide bonds. The number of nitrogens with two attached hydrogens (primary N) is 1. The first-order valence-electron chi connectivity index (χ1n) is 5.94. The SMILES string of the molecule is Nc1cccc(C(=O)N2CCCS(=O)(=O)CC2)c1Cl. The van der Waals surface area contributed by atoms with Crippen molar-refractivity contribution < 1.29 is 13.2 Å². The average molecular weight is 303 g/mol. The third-order valence-electron chi connectivity index (χ3n) is 3.10. The lowest BCUT2D eigenvalue weighted by Crippen LogP contribution is -2.33. The number of rotatable bonds is 1. The molecule has 0 radical (unpaired) electrons. The summed E-state index contributed by atoms with van der Waals surface area (Å²) in [5, 5.41) is 0.222. The predicted molar refractivity (Wildman–Crippen MR) is 75.0 cm³/mol. The summed E-state index contributed by atoms with van der Waals surface area (Å²) in [7, 11) is -3.04. The average Bonchev–Trinajstić information content (AvgIpc) is 2.53. The lowest BCUT2D eigenvalue weighted by molar-refractivity contribution is 0.0768. The van der Waals surface area contributed by atoms with Crippen molar-refractivity contribution in [3.8, 4) is 0 Å². The monoisotopic (exact) mass is 302 g/mol. The first kappa shape index (κ1) is 14.1. The molecule has 1 saturated heterocycles. The number of carbonyl (C=O) groups excluding carboxylic acids is 1. The molecule has 0 aromatic heterocycles. The Balaban J connectivity index is 2.22. The zero-order chi connectivity index (χ0) is 14.0. The molecule has 1 aliphatic rings. The quantitative estimate of drug-likeness (QED) is 0.790. The van der Waals surface area contributed by atoms with Crippen molar-refractivity contribution >= 4 is 33.0 Å². The molecule has 1 heterocycles. The number of amides is 1. The van der Waals surface area contributed by atoms with Crippen LogP contribution in [-0.4, -0.2) is 43.8 Å². The van der Waals surface area contributed by atoms with Crippen molar-refractivity contribution in [2.45, 2.75) is 6.42 Å². The van der Waals surface area contributed by atoms with Gasteiger partial charge in [-0.05, 0) is 18.6 Å². The molecule has 2 N–H and O–H groups in total. The fourth-order valence-corrected chi connectivity index (χ4v) is 3.51. The van der Waals surface area contributed by atoms with E-state index in [9.17, 15) is 13.2 Å². The van der Waals surface area contributed by atoms with Crippen LogP contribution in [0.3, 0.4) is 0 Å².